The first-order chi connectivity index (χ1) is 16.4. The summed E-state index contributed by atoms with van der Waals surface area (Å²) >= 11 is 0. The van der Waals surface area contributed by atoms with Gasteiger partial charge in [0.2, 0.25) is 0 Å². The lowest BCUT2D eigenvalue weighted by Crippen LogP contribution is -2.17. The fourth-order valence-electron chi connectivity index (χ4n) is 2.81. The van der Waals surface area contributed by atoms with Crippen LogP contribution in [0.25, 0.3) is 0 Å². The Labute approximate surface area is 194 Å². The largest absolute Gasteiger partial charge is 0.497 e. The van der Waals surface area contributed by atoms with Gasteiger partial charge in [-0.15, -0.1) is 0 Å². The van der Waals surface area contributed by atoms with Gasteiger partial charge < -0.3 is 14.2 Å². The maximum atomic E-state index is 12.5. The van der Waals surface area contributed by atoms with Crippen molar-refractivity contribution in [3.05, 3.63) is 93.5 Å². The minimum atomic E-state index is -0.555. The van der Waals surface area contributed by atoms with Crippen molar-refractivity contribution in [3.63, 3.8) is 0 Å². The number of nitrogens with one attached hydrogen (secondary N) is 1. The lowest BCUT2D eigenvalue weighted by atomic mass is 10.2. The van der Waals surface area contributed by atoms with E-state index in [-0.39, 0.29) is 17.0 Å². The number of hydrogen-bond acceptors (Lipinski definition) is 8. The fraction of sp³-hybridized carbons (Fsp3) is 0.125. The highest BCUT2D eigenvalue weighted by atomic mass is 16.6. The minimum Gasteiger partial charge on any atom is -0.497 e. The number of nitro benzene ring substituents is 1. The molecule has 0 aliphatic heterocycles. The van der Waals surface area contributed by atoms with Gasteiger partial charge >= 0.3 is 5.97 Å². The number of methoxy groups -OCH3 is 1. The molecule has 1 amide bonds. The molecule has 0 saturated heterocycles. The van der Waals surface area contributed by atoms with Crippen LogP contribution in [0.1, 0.15) is 33.2 Å². The summed E-state index contributed by atoms with van der Waals surface area (Å²) in [6.45, 7) is 2.13. The Balaban J connectivity index is 1.67. The molecule has 0 aliphatic rings. The van der Waals surface area contributed by atoms with E-state index in [1.54, 1.807) is 49.4 Å². The molecule has 3 aromatic rings. The molecule has 0 spiro atoms. The second-order valence-electron chi connectivity index (χ2n) is 6.76. The highest BCUT2D eigenvalue weighted by molar-refractivity contribution is 5.95. The maximum absolute atomic E-state index is 12.5. The number of nitro groups is 1. The number of benzene rings is 3. The predicted octanol–water partition coefficient (Wildman–Crippen LogP) is 3.99. The van der Waals surface area contributed by atoms with E-state index in [9.17, 15) is 19.7 Å². The zero-order valence-electron chi connectivity index (χ0n) is 18.4. The van der Waals surface area contributed by atoms with E-state index < -0.39 is 16.8 Å². The van der Waals surface area contributed by atoms with Crippen LogP contribution < -0.4 is 19.6 Å². The third kappa shape index (κ3) is 6.16. The first-order valence-electron chi connectivity index (χ1n) is 10.1. The Kier molecular flexibility index (Phi) is 7.90. The van der Waals surface area contributed by atoms with E-state index in [2.05, 4.69) is 10.5 Å². The first kappa shape index (κ1) is 23.9. The van der Waals surface area contributed by atoms with Gasteiger partial charge in [-0.05, 0) is 67.1 Å². The predicted molar refractivity (Wildman–Crippen MR) is 124 cm³/mol. The molecule has 0 aromatic heterocycles. The molecule has 0 heterocycles. The van der Waals surface area contributed by atoms with Crippen molar-refractivity contribution in [3.8, 4) is 17.2 Å². The van der Waals surface area contributed by atoms with Crippen LogP contribution in [-0.4, -0.2) is 36.7 Å². The number of nitrogens with zero attached hydrogens (tertiary/aromatic N) is 2. The van der Waals surface area contributed by atoms with Crippen molar-refractivity contribution >= 4 is 23.8 Å². The van der Waals surface area contributed by atoms with Crippen LogP contribution in [0.4, 0.5) is 5.69 Å². The second-order valence-corrected chi connectivity index (χ2v) is 6.76. The fourth-order valence-corrected chi connectivity index (χ4v) is 2.81. The van der Waals surface area contributed by atoms with Gasteiger partial charge in [0, 0.05) is 17.7 Å². The zero-order valence-corrected chi connectivity index (χ0v) is 18.4. The van der Waals surface area contributed by atoms with E-state index in [1.165, 1.54) is 37.6 Å². The van der Waals surface area contributed by atoms with Crippen molar-refractivity contribution in [2.45, 2.75) is 6.92 Å². The Bertz CT molecular complexity index is 1210. The Hall–Kier alpha value is -4.73. The first-order valence-corrected chi connectivity index (χ1v) is 10.1. The van der Waals surface area contributed by atoms with Gasteiger partial charge in [-0.2, -0.15) is 5.10 Å². The summed E-state index contributed by atoms with van der Waals surface area (Å²) in [6, 6.07) is 16.5. The quantitative estimate of drug-likeness (QED) is 0.167. The molecule has 0 bridgehead atoms. The van der Waals surface area contributed by atoms with Gasteiger partial charge in [0.15, 0.2) is 11.5 Å². The Morgan fingerprint density at radius 3 is 2.29 bits per heavy atom. The number of non-ortho nitro benzene ring substituents is 1. The van der Waals surface area contributed by atoms with Gasteiger partial charge in [-0.1, -0.05) is 0 Å². The molecule has 0 unspecified atom stereocenters. The molecule has 0 saturated carbocycles. The number of esters is 1. The third-order valence-corrected chi connectivity index (χ3v) is 4.52. The van der Waals surface area contributed by atoms with Crippen molar-refractivity contribution in [2.75, 3.05) is 13.7 Å². The van der Waals surface area contributed by atoms with Crippen LogP contribution in [0.5, 0.6) is 17.2 Å². The van der Waals surface area contributed by atoms with E-state index in [0.717, 1.165) is 0 Å². The van der Waals surface area contributed by atoms with Gasteiger partial charge in [0.25, 0.3) is 11.6 Å². The van der Waals surface area contributed by atoms with Crippen molar-refractivity contribution in [2.24, 2.45) is 5.10 Å². The second kappa shape index (κ2) is 11.2. The van der Waals surface area contributed by atoms with Gasteiger partial charge in [-0.3, -0.25) is 14.9 Å². The van der Waals surface area contributed by atoms with Crippen LogP contribution in [0.15, 0.2) is 71.8 Å². The molecule has 34 heavy (non-hydrogen) atoms. The van der Waals surface area contributed by atoms with E-state index in [4.69, 9.17) is 14.2 Å². The number of carbonyl (C=O) groups excluding carboxylic acids is 2. The molecule has 10 nitrogen and oxygen atoms in total. The zero-order chi connectivity index (χ0) is 24.5. The van der Waals surface area contributed by atoms with Gasteiger partial charge in [-0.25, -0.2) is 10.2 Å². The number of hydrogen-bond donors (Lipinski definition) is 1. The highest BCUT2D eigenvalue weighted by Crippen LogP contribution is 2.29. The summed E-state index contributed by atoms with van der Waals surface area (Å²) in [5.74, 6) is 0.0993. The summed E-state index contributed by atoms with van der Waals surface area (Å²) in [5, 5.41) is 14.6. The molecule has 174 valence electrons. The summed E-state index contributed by atoms with van der Waals surface area (Å²) < 4.78 is 16.1. The monoisotopic (exact) mass is 463 g/mol. The highest BCUT2D eigenvalue weighted by Gasteiger charge is 2.14. The Morgan fingerprint density at radius 1 is 1.00 bits per heavy atom. The maximum Gasteiger partial charge on any atom is 0.343 e. The molecule has 1 N–H and O–H groups in total. The standard InChI is InChI=1S/C24H21N3O7/c1-3-33-22-14-16(15-25-26-23(28)17-5-9-19(10-6-17)27(30)31)4-13-21(22)34-24(29)18-7-11-20(32-2)12-8-18/h4-15H,3H2,1-2H3,(H,26,28)/b25-15+. The number of carbonyl (C=O) groups is 2. The van der Waals surface area contributed by atoms with E-state index in [0.29, 0.717) is 29.2 Å². The summed E-state index contributed by atoms with van der Waals surface area (Å²) in [6.07, 6.45) is 1.39. The molecule has 0 radical (unpaired) electrons. The molecular weight excluding hydrogens is 442 g/mol. The average Bonchev–Trinajstić information content (AvgIpc) is 2.85. The lowest BCUT2D eigenvalue weighted by Gasteiger charge is -2.11. The molecule has 0 atom stereocenters. The summed E-state index contributed by atoms with van der Waals surface area (Å²) in [7, 11) is 1.54. The molecule has 3 rings (SSSR count). The molecule has 0 fully saturated rings. The number of hydrazone groups is 1. The van der Waals surface area contributed by atoms with Gasteiger partial charge in [0.05, 0.1) is 30.4 Å². The van der Waals surface area contributed by atoms with Gasteiger partial charge in [0.1, 0.15) is 5.75 Å². The SMILES string of the molecule is CCOc1cc(/C=N/NC(=O)c2ccc([N+](=O)[O-])cc2)ccc1OC(=O)c1ccc(OC)cc1. The third-order valence-electron chi connectivity index (χ3n) is 4.52. The number of amides is 1. The number of rotatable bonds is 9. The summed E-state index contributed by atoms with van der Waals surface area (Å²) in [4.78, 5) is 34.8. The molecular formula is C24H21N3O7. The van der Waals surface area contributed by atoms with Crippen LogP contribution in [0, 0.1) is 10.1 Å². The van der Waals surface area contributed by atoms with E-state index >= 15 is 0 Å². The van der Waals surface area contributed by atoms with Crippen molar-refractivity contribution < 1.29 is 28.7 Å². The van der Waals surface area contributed by atoms with Crippen LogP contribution in [-0.2, 0) is 0 Å². The lowest BCUT2D eigenvalue weighted by molar-refractivity contribution is -0.384. The van der Waals surface area contributed by atoms with Crippen LogP contribution >= 0.6 is 0 Å². The van der Waals surface area contributed by atoms with Crippen LogP contribution in [0.3, 0.4) is 0 Å². The Morgan fingerprint density at radius 2 is 1.68 bits per heavy atom. The molecule has 3 aromatic carbocycles. The molecule has 10 heteroatoms. The molecule has 0 aliphatic carbocycles. The van der Waals surface area contributed by atoms with Crippen molar-refractivity contribution in [1.29, 1.82) is 0 Å². The van der Waals surface area contributed by atoms with Crippen LogP contribution in [0.2, 0.25) is 0 Å². The smallest absolute Gasteiger partial charge is 0.343 e. The van der Waals surface area contributed by atoms with E-state index in [1.807, 2.05) is 0 Å². The average molecular weight is 463 g/mol. The number of ether oxygens (including phenoxy) is 3. The normalized spacial score (nSPS) is 10.5. The van der Waals surface area contributed by atoms with Crippen molar-refractivity contribution in [1.82, 2.24) is 5.43 Å². The summed E-state index contributed by atoms with van der Waals surface area (Å²) in [5.41, 5.74) is 3.39. The topological polar surface area (TPSA) is 129 Å². The minimum absolute atomic E-state index is 0.115.